The molecule has 0 aliphatic rings. The maximum atomic E-state index is 8.99. The first-order valence-corrected chi connectivity index (χ1v) is 6.11. The molecule has 0 spiro atoms. The third kappa shape index (κ3) is 4.56. The molecule has 4 N–H and O–H groups in total. The molecule has 0 bridgehead atoms. The van der Waals surface area contributed by atoms with E-state index in [0.717, 1.165) is 37.2 Å². The van der Waals surface area contributed by atoms with E-state index in [1.165, 1.54) is 0 Å². The molecule has 0 amide bonds. The third-order valence-corrected chi connectivity index (χ3v) is 2.78. The lowest BCUT2D eigenvalue weighted by atomic mass is 10.0. The molecular weight excluding hydrogens is 216 g/mol. The van der Waals surface area contributed by atoms with Crippen molar-refractivity contribution in [1.29, 1.82) is 0 Å². The van der Waals surface area contributed by atoms with Crippen LogP contribution in [0.5, 0.6) is 0 Å². The first kappa shape index (κ1) is 13.7. The fourth-order valence-corrected chi connectivity index (χ4v) is 1.81. The highest BCUT2D eigenvalue weighted by Gasteiger charge is 2.08. The van der Waals surface area contributed by atoms with Crippen LogP contribution in [0.4, 0.5) is 11.8 Å². The van der Waals surface area contributed by atoms with Gasteiger partial charge in [0.15, 0.2) is 0 Å². The number of aliphatic hydroxyl groups excluding tert-OH is 1. The Kier molecular flexibility index (Phi) is 5.69. The summed E-state index contributed by atoms with van der Waals surface area (Å²) in [5, 5.41) is 12.3. The maximum absolute atomic E-state index is 8.99. The Morgan fingerprint density at radius 2 is 2.24 bits per heavy atom. The largest absolute Gasteiger partial charge is 0.396 e. The highest BCUT2D eigenvalue weighted by Crippen LogP contribution is 2.15. The summed E-state index contributed by atoms with van der Waals surface area (Å²) in [6.45, 7) is 5.14. The quantitative estimate of drug-likeness (QED) is 0.671. The highest BCUT2D eigenvalue weighted by atomic mass is 16.3. The average molecular weight is 238 g/mol. The fraction of sp³-hybridized carbons (Fsp3) is 0.667. The van der Waals surface area contributed by atoms with Crippen LogP contribution in [-0.2, 0) is 0 Å². The molecule has 0 radical (unpaired) electrons. The van der Waals surface area contributed by atoms with Gasteiger partial charge in [-0.05, 0) is 25.7 Å². The molecule has 1 heterocycles. The van der Waals surface area contributed by atoms with E-state index in [1.807, 2.05) is 6.92 Å². The predicted octanol–water partition coefficient (Wildman–Crippen LogP) is 1.58. The number of nitrogens with one attached hydrogen (secondary N) is 1. The number of aliphatic hydroxyl groups is 1. The average Bonchev–Trinajstić information content (AvgIpc) is 2.30. The second kappa shape index (κ2) is 7.06. The summed E-state index contributed by atoms with van der Waals surface area (Å²) in [5.74, 6) is 1.55. The zero-order valence-corrected chi connectivity index (χ0v) is 10.6. The van der Waals surface area contributed by atoms with E-state index in [9.17, 15) is 0 Å². The van der Waals surface area contributed by atoms with Crippen molar-refractivity contribution in [2.24, 2.45) is 5.92 Å². The summed E-state index contributed by atoms with van der Waals surface area (Å²) in [7, 11) is 0. The maximum Gasteiger partial charge on any atom is 0.221 e. The number of aromatic nitrogens is 2. The van der Waals surface area contributed by atoms with Gasteiger partial charge in [-0.1, -0.05) is 13.3 Å². The summed E-state index contributed by atoms with van der Waals surface area (Å²) >= 11 is 0. The molecule has 1 atom stereocenters. The van der Waals surface area contributed by atoms with Crippen LogP contribution in [0.3, 0.4) is 0 Å². The Hall–Kier alpha value is -1.36. The van der Waals surface area contributed by atoms with Gasteiger partial charge in [0.25, 0.3) is 0 Å². The molecule has 0 fully saturated rings. The normalized spacial score (nSPS) is 12.4. The van der Waals surface area contributed by atoms with E-state index in [2.05, 4.69) is 22.2 Å². The Morgan fingerprint density at radius 1 is 1.47 bits per heavy atom. The monoisotopic (exact) mass is 238 g/mol. The number of nitrogen functional groups attached to an aromatic ring is 1. The number of aryl methyl sites for hydroxylation is 1. The summed E-state index contributed by atoms with van der Waals surface area (Å²) in [4.78, 5) is 8.08. The van der Waals surface area contributed by atoms with Gasteiger partial charge in [-0.25, -0.2) is 4.98 Å². The number of nitrogens with two attached hydrogens (primary N) is 1. The second-order valence-corrected chi connectivity index (χ2v) is 4.31. The molecule has 5 heteroatoms. The molecule has 0 saturated heterocycles. The van der Waals surface area contributed by atoms with Crippen molar-refractivity contribution in [3.8, 4) is 0 Å². The van der Waals surface area contributed by atoms with Gasteiger partial charge in [0.05, 0.1) is 0 Å². The van der Waals surface area contributed by atoms with Gasteiger partial charge in [0, 0.05) is 24.9 Å². The van der Waals surface area contributed by atoms with Crippen molar-refractivity contribution in [1.82, 2.24) is 9.97 Å². The summed E-state index contributed by atoms with van der Waals surface area (Å²) in [5.41, 5.74) is 6.53. The van der Waals surface area contributed by atoms with Crippen LogP contribution >= 0.6 is 0 Å². The Bertz CT molecular complexity index is 337. The fourth-order valence-electron chi connectivity index (χ4n) is 1.81. The van der Waals surface area contributed by atoms with Crippen molar-refractivity contribution in [3.63, 3.8) is 0 Å². The lowest BCUT2D eigenvalue weighted by molar-refractivity contribution is 0.255. The van der Waals surface area contributed by atoms with E-state index < -0.39 is 0 Å². The minimum atomic E-state index is 0.233. The van der Waals surface area contributed by atoms with Gasteiger partial charge in [0.1, 0.15) is 5.82 Å². The zero-order chi connectivity index (χ0) is 12.7. The number of hydrogen-bond donors (Lipinski definition) is 3. The number of nitrogens with zero attached hydrogens (tertiary/aromatic N) is 2. The molecule has 96 valence electrons. The Balaban J connectivity index is 2.55. The molecule has 1 aromatic rings. The summed E-state index contributed by atoms with van der Waals surface area (Å²) in [6, 6.07) is 0. The molecule has 5 nitrogen and oxygen atoms in total. The lowest BCUT2D eigenvalue weighted by Crippen LogP contribution is -2.17. The van der Waals surface area contributed by atoms with Crippen LogP contribution in [0.15, 0.2) is 6.20 Å². The van der Waals surface area contributed by atoms with Gasteiger partial charge >= 0.3 is 0 Å². The van der Waals surface area contributed by atoms with Crippen LogP contribution in [-0.4, -0.2) is 28.2 Å². The van der Waals surface area contributed by atoms with Crippen LogP contribution in [0.2, 0.25) is 0 Å². The summed E-state index contributed by atoms with van der Waals surface area (Å²) in [6.07, 6.45) is 4.76. The second-order valence-electron chi connectivity index (χ2n) is 4.31. The highest BCUT2D eigenvalue weighted by molar-refractivity contribution is 5.44. The third-order valence-electron chi connectivity index (χ3n) is 2.78. The van der Waals surface area contributed by atoms with Gasteiger partial charge in [-0.3, -0.25) is 0 Å². The molecule has 0 aliphatic heterocycles. The Labute approximate surface area is 102 Å². The molecule has 0 saturated carbocycles. The van der Waals surface area contributed by atoms with Crippen molar-refractivity contribution in [2.45, 2.75) is 33.1 Å². The van der Waals surface area contributed by atoms with Crippen molar-refractivity contribution in [2.75, 3.05) is 24.2 Å². The number of rotatable bonds is 7. The minimum absolute atomic E-state index is 0.233. The Morgan fingerprint density at radius 3 is 2.88 bits per heavy atom. The van der Waals surface area contributed by atoms with E-state index in [1.54, 1.807) is 6.20 Å². The first-order chi connectivity index (χ1) is 8.17. The molecule has 17 heavy (non-hydrogen) atoms. The predicted molar refractivity (Wildman–Crippen MR) is 69.8 cm³/mol. The first-order valence-electron chi connectivity index (χ1n) is 6.11. The van der Waals surface area contributed by atoms with Crippen molar-refractivity contribution >= 4 is 11.8 Å². The van der Waals surface area contributed by atoms with Crippen LogP contribution in [0.25, 0.3) is 0 Å². The molecule has 0 aliphatic carbocycles. The number of hydrogen-bond acceptors (Lipinski definition) is 5. The molecule has 0 aromatic carbocycles. The molecule has 1 unspecified atom stereocenters. The van der Waals surface area contributed by atoms with Crippen LogP contribution in [0.1, 0.15) is 31.7 Å². The lowest BCUT2D eigenvalue weighted by Gasteiger charge is -2.16. The van der Waals surface area contributed by atoms with E-state index in [4.69, 9.17) is 10.8 Å². The molecular formula is C12H22N4O. The van der Waals surface area contributed by atoms with Gasteiger partial charge in [0.2, 0.25) is 5.95 Å². The zero-order valence-electron chi connectivity index (χ0n) is 10.6. The smallest absolute Gasteiger partial charge is 0.221 e. The van der Waals surface area contributed by atoms with Crippen molar-refractivity contribution < 1.29 is 5.11 Å². The molecule has 1 rings (SSSR count). The summed E-state index contributed by atoms with van der Waals surface area (Å²) < 4.78 is 0. The van der Waals surface area contributed by atoms with Gasteiger partial charge < -0.3 is 16.2 Å². The minimum Gasteiger partial charge on any atom is -0.396 e. The molecule has 1 aromatic heterocycles. The standard InChI is InChI=1S/C12H22N4O/c1-3-4-10(5-6-17)8-14-11-9(2)7-15-12(13)16-11/h7,10,17H,3-6,8H2,1-2H3,(H3,13,14,15,16). The van der Waals surface area contributed by atoms with E-state index in [0.29, 0.717) is 5.92 Å². The van der Waals surface area contributed by atoms with Crippen LogP contribution < -0.4 is 11.1 Å². The van der Waals surface area contributed by atoms with Gasteiger partial charge in [-0.15, -0.1) is 0 Å². The van der Waals surface area contributed by atoms with Gasteiger partial charge in [-0.2, -0.15) is 4.98 Å². The van der Waals surface area contributed by atoms with Crippen LogP contribution in [0, 0.1) is 12.8 Å². The van der Waals surface area contributed by atoms with Crippen molar-refractivity contribution in [3.05, 3.63) is 11.8 Å². The number of anilines is 2. The van der Waals surface area contributed by atoms with E-state index in [-0.39, 0.29) is 12.6 Å². The SMILES string of the molecule is CCCC(CCO)CNc1nc(N)ncc1C. The van der Waals surface area contributed by atoms with E-state index >= 15 is 0 Å². The topological polar surface area (TPSA) is 84.1 Å².